The molecular formula is C18H23Cl3N6O. The fourth-order valence-electron chi connectivity index (χ4n) is 3.05. The number of aliphatic imine (C=N–C) groups is 1. The Balaban J connectivity index is 1.46. The number of benzene rings is 1. The molecule has 0 bridgehead atoms. The largest absolute Gasteiger partial charge is 0.489 e. The minimum Gasteiger partial charge on any atom is -0.489 e. The van der Waals surface area contributed by atoms with Gasteiger partial charge in [-0.15, -0.1) is 10.2 Å². The number of aryl methyl sites for hydroxylation is 1. The van der Waals surface area contributed by atoms with Crippen molar-refractivity contribution in [2.75, 3.05) is 20.2 Å². The summed E-state index contributed by atoms with van der Waals surface area (Å²) >= 11 is 18.1. The van der Waals surface area contributed by atoms with Crippen molar-refractivity contribution in [3.05, 3.63) is 38.8 Å². The van der Waals surface area contributed by atoms with Crippen LogP contribution in [-0.4, -0.2) is 40.9 Å². The summed E-state index contributed by atoms with van der Waals surface area (Å²) in [4.78, 5) is 4.22. The van der Waals surface area contributed by atoms with Crippen LogP contribution in [0.2, 0.25) is 15.1 Å². The maximum Gasteiger partial charge on any atom is 0.191 e. The third kappa shape index (κ3) is 5.43. The number of fused-ring (bicyclic) bond motifs is 1. The molecule has 0 amide bonds. The van der Waals surface area contributed by atoms with Gasteiger partial charge in [-0.25, -0.2) is 0 Å². The second-order valence-electron chi connectivity index (χ2n) is 6.39. The molecule has 1 aliphatic heterocycles. The van der Waals surface area contributed by atoms with E-state index in [9.17, 15) is 0 Å². The van der Waals surface area contributed by atoms with Gasteiger partial charge < -0.3 is 19.9 Å². The molecule has 0 saturated carbocycles. The van der Waals surface area contributed by atoms with Gasteiger partial charge in [-0.3, -0.25) is 4.99 Å². The highest BCUT2D eigenvalue weighted by molar-refractivity contribution is 6.40. The molecule has 2 aromatic rings. The Hall–Kier alpha value is -1.70. The zero-order valence-electron chi connectivity index (χ0n) is 15.6. The second-order valence-corrected chi connectivity index (χ2v) is 7.65. The molecule has 152 valence electrons. The molecule has 0 radical (unpaired) electrons. The number of nitrogens with zero attached hydrogens (tertiary/aromatic N) is 4. The average molecular weight is 446 g/mol. The van der Waals surface area contributed by atoms with Gasteiger partial charge in [0, 0.05) is 25.0 Å². The molecule has 2 heterocycles. The van der Waals surface area contributed by atoms with Crippen LogP contribution in [0.4, 0.5) is 0 Å². The van der Waals surface area contributed by atoms with Crippen LogP contribution in [0.1, 0.15) is 30.9 Å². The molecule has 0 spiro atoms. The fourth-order valence-corrected chi connectivity index (χ4v) is 3.97. The quantitative estimate of drug-likeness (QED) is 0.403. The topological polar surface area (TPSA) is 76.4 Å². The van der Waals surface area contributed by atoms with E-state index in [1.165, 1.54) is 12.8 Å². The van der Waals surface area contributed by atoms with Crippen molar-refractivity contribution in [2.24, 2.45) is 4.99 Å². The van der Waals surface area contributed by atoms with Gasteiger partial charge in [-0.05, 0) is 25.0 Å². The van der Waals surface area contributed by atoms with E-state index in [0.29, 0.717) is 46.5 Å². The van der Waals surface area contributed by atoms with Crippen molar-refractivity contribution in [3.63, 3.8) is 0 Å². The summed E-state index contributed by atoms with van der Waals surface area (Å²) in [6, 6.07) is 3.19. The van der Waals surface area contributed by atoms with Crippen LogP contribution >= 0.6 is 34.8 Å². The summed E-state index contributed by atoms with van der Waals surface area (Å²) in [6.45, 7) is 2.42. The van der Waals surface area contributed by atoms with E-state index >= 15 is 0 Å². The number of guanidine groups is 1. The van der Waals surface area contributed by atoms with Gasteiger partial charge in [0.15, 0.2) is 17.5 Å². The first-order valence-corrected chi connectivity index (χ1v) is 10.3. The van der Waals surface area contributed by atoms with Gasteiger partial charge in [0.25, 0.3) is 0 Å². The van der Waals surface area contributed by atoms with Crippen molar-refractivity contribution in [1.29, 1.82) is 0 Å². The number of hydrogen-bond donors (Lipinski definition) is 2. The molecule has 2 N–H and O–H groups in total. The normalized spacial score (nSPS) is 14.4. The van der Waals surface area contributed by atoms with E-state index in [-0.39, 0.29) is 0 Å². The van der Waals surface area contributed by atoms with Crippen LogP contribution in [0.25, 0.3) is 0 Å². The lowest BCUT2D eigenvalue weighted by atomic mass is 10.2. The molecule has 28 heavy (non-hydrogen) atoms. The standard InChI is InChI=1S/C18H23Cl3N6O/c1-22-18(23-6-8-28-17-13(20)9-12(19)10-14(17)21)24-11-16-26-25-15-5-3-2-4-7-27(15)16/h9-10H,2-8,11H2,1H3,(H2,22,23,24). The predicted molar refractivity (Wildman–Crippen MR) is 113 cm³/mol. The minimum atomic E-state index is 0.363. The van der Waals surface area contributed by atoms with E-state index in [2.05, 4.69) is 30.4 Å². The Labute approximate surface area is 179 Å². The summed E-state index contributed by atoms with van der Waals surface area (Å²) < 4.78 is 7.87. The molecule has 0 aliphatic carbocycles. The Morgan fingerprint density at radius 2 is 1.93 bits per heavy atom. The Kier molecular flexibility index (Phi) is 7.65. The number of nitrogens with one attached hydrogen (secondary N) is 2. The first-order chi connectivity index (χ1) is 13.6. The van der Waals surface area contributed by atoms with Crippen LogP contribution in [-0.2, 0) is 19.5 Å². The first-order valence-electron chi connectivity index (χ1n) is 9.21. The van der Waals surface area contributed by atoms with Gasteiger partial charge in [0.1, 0.15) is 12.4 Å². The molecule has 0 saturated heterocycles. The maximum absolute atomic E-state index is 6.11. The summed E-state index contributed by atoms with van der Waals surface area (Å²) in [5.41, 5.74) is 0. The molecule has 0 atom stereocenters. The maximum atomic E-state index is 6.11. The van der Waals surface area contributed by atoms with Crippen LogP contribution < -0.4 is 15.4 Å². The van der Waals surface area contributed by atoms with E-state index in [1.54, 1.807) is 19.2 Å². The highest BCUT2D eigenvalue weighted by atomic mass is 35.5. The third-order valence-electron chi connectivity index (χ3n) is 4.43. The Bertz CT molecular complexity index is 816. The van der Waals surface area contributed by atoms with E-state index < -0.39 is 0 Å². The lowest BCUT2D eigenvalue weighted by Crippen LogP contribution is -2.39. The Morgan fingerprint density at radius 3 is 2.68 bits per heavy atom. The third-order valence-corrected chi connectivity index (χ3v) is 5.21. The number of hydrogen-bond acceptors (Lipinski definition) is 4. The lowest BCUT2D eigenvalue weighted by molar-refractivity contribution is 0.322. The van der Waals surface area contributed by atoms with E-state index in [4.69, 9.17) is 39.5 Å². The molecule has 1 aromatic heterocycles. The number of rotatable bonds is 6. The van der Waals surface area contributed by atoms with Crippen LogP contribution in [0, 0.1) is 0 Å². The van der Waals surface area contributed by atoms with Gasteiger partial charge in [0.05, 0.1) is 23.1 Å². The van der Waals surface area contributed by atoms with E-state index in [0.717, 1.165) is 31.0 Å². The molecule has 7 nitrogen and oxygen atoms in total. The molecule has 0 fully saturated rings. The number of ether oxygens (including phenoxy) is 1. The highest BCUT2D eigenvalue weighted by Crippen LogP contribution is 2.35. The molecular weight excluding hydrogens is 423 g/mol. The van der Waals surface area contributed by atoms with Crippen molar-refractivity contribution >= 4 is 40.8 Å². The molecule has 0 unspecified atom stereocenters. The van der Waals surface area contributed by atoms with Gasteiger partial charge in [0.2, 0.25) is 0 Å². The van der Waals surface area contributed by atoms with Gasteiger partial charge in [-0.2, -0.15) is 0 Å². The van der Waals surface area contributed by atoms with Crippen molar-refractivity contribution in [1.82, 2.24) is 25.4 Å². The summed E-state index contributed by atoms with van der Waals surface area (Å²) in [6.07, 6.45) is 4.57. The van der Waals surface area contributed by atoms with Crippen LogP contribution in [0.3, 0.4) is 0 Å². The predicted octanol–water partition coefficient (Wildman–Crippen LogP) is 3.71. The monoisotopic (exact) mass is 444 g/mol. The lowest BCUT2D eigenvalue weighted by Gasteiger charge is -2.14. The van der Waals surface area contributed by atoms with Gasteiger partial charge in [-0.1, -0.05) is 41.2 Å². The molecule has 1 aliphatic rings. The first kappa shape index (κ1) is 21.0. The number of aromatic nitrogens is 3. The van der Waals surface area contributed by atoms with Crippen LogP contribution in [0.15, 0.2) is 17.1 Å². The zero-order valence-corrected chi connectivity index (χ0v) is 17.9. The minimum absolute atomic E-state index is 0.363. The molecule has 1 aromatic carbocycles. The summed E-state index contributed by atoms with van der Waals surface area (Å²) in [5, 5.41) is 16.3. The summed E-state index contributed by atoms with van der Waals surface area (Å²) in [7, 11) is 1.72. The smallest absolute Gasteiger partial charge is 0.191 e. The average Bonchev–Trinajstić information content (AvgIpc) is 2.89. The van der Waals surface area contributed by atoms with E-state index in [1.807, 2.05) is 0 Å². The highest BCUT2D eigenvalue weighted by Gasteiger charge is 2.14. The summed E-state index contributed by atoms with van der Waals surface area (Å²) in [5.74, 6) is 3.07. The van der Waals surface area contributed by atoms with Crippen molar-refractivity contribution in [3.8, 4) is 5.75 Å². The molecule has 10 heteroatoms. The van der Waals surface area contributed by atoms with Crippen molar-refractivity contribution in [2.45, 2.75) is 38.8 Å². The SMILES string of the molecule is CN=C(NCCOc1c(Cl)cc(Cl)cc1Cl)NCc1nnc2n1CCCCC2. The van der Waals surface area contributed by atoms with Gasteiger partial charge >= 0.3 is 0 Å². The zero-order chi connectivity index (χ0) is 19.9. The number of halogens is 3. The molecule has 3 rings (SSSR count). The van der Waals surface area contributed by atoms with Crippen LogP contribution in [0.5, 0.6) is 5.75 Å². The Morgan fingerprint density at radius 1 is 1.14 bits per heavy atom. The fraction of sp³-hybridized carbons (Fsp3) is 0.500. The van der Waals surface area contributed by atoms with Crippen molar-refractivity contribution < 1.29 is 4.74 Å². The second kappa shape index (κ2) is 10.2.